The first kappa shape index (κ1) is 24.0. The third-order valence-corrected chi connectivity index (χ3v) is 5.48. The van der Waals surface area contributed by atoms with E-state index in [1.807, 2.05) is 0 Å². The molecule has 0 fully saturated rings. The van der Waals surface area contributed by atoms with E-state index in [0.717, 1.165) is 6.08 Å². The van der Waals surface area contributed by atoms with E-state index in [2.05, 4.69) is 26.9 Å². The van der Waals surface area contributed by atoms with Crippen molar-refractivity contribution in [2.45, 2.75) is 13.5 Å². The molecule has 2 aromatic carbocycles. The van der Waals surface area contributed by atoms with Crippen LogP contribution in [0.5, 0.6) is 0 Å². The molecular weight excluding hydrogens is 472 g/mol. The van der Waals surface area contributed by atoms with Crippen LogP contribution in [0, 0.1) is 0 Å². The molecular formula is C26H20ClF2N5O. The number of carbonyl (C=O) groups excluding carboxylic acids is 1. The maximum Gasteiger partial charge on any atom is 0.248 e. The number of hydrogen-bond acceptors (Lipinski definition) is 5. The molecule has 3 N–H and O–H groups in total. The highest BCUT2D eigenvalue weighted by Gasteiger charge is 2.26. The summed E-state index contributed by atoms with van der Waals surface area (Å²) >= 11 is 6.25. The van der Waals surface area contributed by atoms with Gasteiger partial charge in [-0.1, -0.05) is 30.3 Å². The fourth-order valence-electron chi connectivity index (χ4n) is 3.65. The van der Waals surface area contributed by atoms with Gasteiger partial charge in [-0.05, 0) is 49.4 Å². The molecule has 0 unspecified atom stereocenters. The molecule has 4 rings (SSSR count). The number of allylic oxidation sites excluding steroid dienone is 5. The summed E-state index contributed by atoms with van der Waals surface area (Å²) in [5.74, 6) is -2.00. The van der Waals surface area contributed by atoms with Crippen molar-refractivity contribution in [2.75, 3.05) is 5.32 Å². The van der Waals surface area contributed by atoms with Crippen LogP contribution in [0.15, 0.2) is 89.6 Å². The van der Waals surface area contributed by atoms with Crippen molar-refractivity contribution in [1.82, 2.24) is 9.97 Å². The van der Waals surface area contributed by atoms with Crippen LogP contribution < -0.4 is 11.1 Å². The predicted molar refractivity (Wildman–Crippen MR) is 134 cm³/mol. The highest BCUT2D eigenvalue weighted by atomic mass is 35.5. The summed E-state index contributed by atoms with van der Waals surface area (Å²) in [4.78, 5) is 24.8. The molecule has 0 atom stereocenters. The molecule has 2 heterocycles. The highest BCUT2D eigenvalue weighted by Crippen LogP contribution is 2.36. The average molecular weight is 492 g/mol. The van der Waals surface area contributed by atoms with Crippen molar-refractivity contribution in [3.05, 3.63) is 106 Å². The molecule has 0 saturated heterocycles. The van der Waals surface area contributed by atoms with E-state index >= 15 is 0 Å². The van der Waals surface area contributed by atoms with E-state index in [0.29, 0.717) is 38.7 Å². The number of nitrogens with two attached hydrogens (primary N) is 1. The number of aliphatic imine (C=N–C) groups is 1. The van der Waals surface area contributed by atoms with Crippen molar-refractivity contribution < 1.29 is 13.6 Å². The summed E-state index contributed by atoms with van der Waals surface area (Å²) in [6.07, 6.45) is 4.21. The van der Waals surface area contributed by atoms with Gasteiger partial charge in [0, 0.05) is 39.2 Å². The number of anilines is 2. The second-order valence-corrected chi connectivity index (χ2v) is 8.05. The monoisotopic (exact) mass is 491 g/mol. The van der Waals surface area contributed by atoms with Gasteiger partial charge in [-0.15, -0.1) is 0 Å². The van der Waals surface area contributed by atoms with Gasteiger partial charge in [0.15, 0.2) is 0 Å². The van der Waals surface area contributed by atoms with Crippen molar-refractivity contribution in [3.8, 4) is 11.3 Å². The molecule has 1 aromatic heterocycles. The van der Waals surface area contributed by atoms with E-state index in [4.69, 9.17) is 17.3 Å². The largest absolute Gasteiger partial charge is 0.366 e. The van der Waals surface area contributed by atoms with Crippen LogP contribution in [0.2, 0.25) is 5.02 Å². The number of aromatic nitrogens is 2. The molecule has 9 heteroatoms. The normalized spacial score (nSPS) is 13.3. The topological polar surface area (TPSA) is 93.3 Å². The lowest BCUT2D eigenvalue weighted by Gasteiger charge is -2.14. The van der Waals surface area contributed by atoms with Gasteiger partial charge in [0.1, 0.15) is 11.7 Å². The first-order valence-corrected chi connectivity index (χ1v) is 10.9. The molecule has 0 saturated carbocycles. The van der Waals surface area contributed by atoms with E-state index < -0.39 is 17.6 Å². The summed E-state index contributed by atoms with van der Waals surface area (Å²) in [7, 11) is 0. The number of rotatable bonds is 6. The SMILES string of the molecule is C=C(F)/C(C1=NCc2cnc(Nc3ccc(C(N)=O)cc3)nc2-c2ccc(Cl)cc21)=C(F)\C=C/C. The first-order chi connectivity index (χ1) is 16.8. The Morgan fingerprint density at radius 1 is 1.17 bits per heavy atom. The molecule has 0 bridgehead atoms. The van der Waals surface area contributed by atoms with Crippen LogP contribution in [0.3, 0.4) is 0 Å². The van der Waals surface area contributed by atoms with Gasteiger partial charge < -0.3 is 11.1 Å². The third-order valence-electron chi connectivity index (χ3n) is 5.25. The lowest BCUT2D eigenvalue weighted by molar-refractivity contribution is 0.100. The number of nitrogens with zero attached hydrogens (tertiary/aromatic N) is 3. The lowest BCUT2D eigenvalue weighted by atomic mass is 9.94. The minimum absolute atomic E-state index is 0.0835. The van der Waals surface area contributed by atoms with Crippen molar-refractivity contribution in [3.63, 3.8) is 0 Å². The van der Waals surface area contributed by atoms with Crippen molar-refractivity contribution >= 4 is 34.9 Å². The Labute approximate surface area is 205 Å². The fourth-order valence-corrected chi connectivity index (χ4v) is 3.82. The molecule has 0 spiro atoms. The maximum absolute atomic E-state index is 14.9. The zero-order chi connectivity index (χ0) is 25.1. The van der Waals surface area contributed by atoms with Crippen LogP contribution in [0.25, 0.3) is 11.3 Å². The number of amides is 1. The van der Waals surface area contributed by atoms with E-state index in [1.54, 1.807) is 55.6 Å². The lowest BCUT2D eigenvalue weighted by Crippen LogP contribution is -2.10. The highest BCUT2D eigenvalue weighted by molar-refractivity contribution is 6.31. The molecule has 1 amide bonds. The Kier molecular flexibility index (Phi) is 6.84. The molecule has 3 aromatic rings. The summed E-state index contributed by atoms with van der Waals surface area (Å²) in [5, 5.41) is 3.45. The molecule has 35 heavy (non-hydrogen) atoms. The Hall–Kier alpha value is -4.17. The Morgan fingerprint density at radius 2 is 1.91 bits per heavy atom. The molecule has 1 aliphatic rings. The number of hydrogen-bond donors (Lipinski definition) is 2. The third kappa shape index (κ3) is 5.02. The Morgan fingerprint density at radius 3 is 2.57 bits per heavy atom. The minimum Gasteiger partial charge on any atom is -0.366 e. The smallest absolute Gasteiger partial charge is 0.248 e. The molecule has 1 aliphatic heterocycles. The summed E-state index contributed by atoms with van der Waals surface area (Å²) in [6.45, 7) is 5.02. The minimum atomic E-state index is -0.955. The van der Waals surface area contributed by atoms with Crippen LogP contribution >= 0.6 is 11.6 Å². The second kappa shape index (κ2) is 9.99. The van der Waals surface area contributed by atoms with Crippen molar-refractivity contribution in [2.24, 2.45) is 10.7 Å². The van der Waals surface area contributed by atoms with Crippen LogP contribution in [0.1, 0.15) is 28.4 Å². The average Bonchev–Trinajstić information content (AvgIpc) is 2.96. The number of primary amides is 1. The van der Waals surface area contributed by atoms with Crippen LogP contribution in [-0.4, -0.2) is 21.6 Å². The molecule has 6 nitrogen and oxygen atoms in total. The maximum atomic E-state index is 14.9. The predicted octanol–water partition coefficient (Wildman–Crippen LogP) is 6.23. The van der Waals surface area contributed by atoms with Gasteiger partial charge in [0.2, 0.25) is 11.9 Å². The van der Waals surface area contributed by atoms with E-state index in [-0.39, 0.29) is 23.8 Å². The Bertz CT molecular complexity index is 1430. The summed E-state index contributed by atoms with van der Waals surface area (Å²) in [5.41, 5.74) is 8.24. The first-order valence-electron chi connectivity index (χ1n) is 10.5. The number of halogens is 3. The van der Waals surface area contributed by atoms with Crippen LogP contribution in [-0.2, 0) is 6.54 Å². The van der Waals surface area contributed by atoms with Gasteiger partial charge >= 0.3 is 0 Å². The Balaban J connectivity index is 1.81. The quantitative estimate of drug-likeness (QED) is 0.400. The number of benzene rings is 2. The summed E-state index contributed by atoms with van der Waals surface area (Å²) < 4.78 is 29.3. The van der Waals surface area contributed by atoms with Crippen LogP contribution in [0.4, 0.5) is 20.4 Å². The van der Waals surface area contributed by atoms with Gasteiger partial charge in [-0.25, -0.2) is 18.7 Å². The van der Waals surface area contributed by atoms with E-state index in [1.165, 1.54) is 6.08 Å². The standard InChI is InChI=1S/C26H20ClF2N5O/c1-3-4-21(29)22(14(2)28)24-20-11-17(27)7-10-19(20)23-16(12-31-24)13-32-26(34-23)33-18-8-5-15(6-9-18)25(30)35/h3-11,13H,2,12H2,1H3,(H2,30,35)(H,32,33,34)/b4-3-,22-21-. The van der Waals surface area contributed by atoms with Gasteiger partial charge in [-0.2, -0.15) is 0 Å². The fraction of sp³-hybridized carbons (Fsp3) is 0.0769. The van der Waals surface area contributed by atoms with Gasteiger partial charge in [-0.3, -0.25) is 9.79 Å². The molecule has 176 valence electrons. The van der Waals surface area contributed by atoms with Gasteiger partial charge in [0.25, 0.3) is 0 Å². The van der Waals surface area contributed by atoms with Crippen molar-refractivity contribution in [1.29, 1.82) is 0 Å². The second-order valence-electron chi connectivity index (χ2n) is 7.62. The number of nitrogens with one attached hydrogen (secondary N) is 1. The molecule has 0 radical (unpaired) electrons. The number of carbonyl (C=O) groups is 1. The zero-order valence-corrected chi connectivity index (χ0v) is 19.4. The number of fused-ring (bicyclic) bond motifs is 3. The molecule has 0 aliphatic carbocycles. The van der Waals surface area contributed by atoms with Gasteiger partial charge in [0.05, 0.1) is 23.5 Å². The summed E-state index contributed by atoms with van der Waals surface area (Å²) in [6, 6.07) is 11.5. The zero-order valence-electron chi connectivity index (χ0n) is 18.6. The van der Waals surface area contributed by atoms with E-state index in [9.17, 15) is 13.6 Å².